The van der Waals surface area contributed by atoms with E-state index in [2.05, 4.69) is 15.6 Å². The van der Waals surface area contributed by atoms with Gasteiger partial charge in [-0.3, -0.25) is 9.59 Å². The second-order valence-electron chi connectivity index (χ2n) is 7.60. The van der Waals surface area contributed by atoms with Crippen LogP contribution in [0.5, 0.6) is 0 Å². The predicted octanol–water partition coefficient (Wildman–Crippen LogP) is 4.55. The fourth-order valence-corrected chi connectivity index (χ4v) is 3.54. The molecule has 3 rings (SSSR count). The summed E-state index contributed by atoms with van der Waals surface area (Å²) in [6.07, 6.45) is 0.555. The Morgan fingerprint density at radius 2 is 1.67 bits per heavy atom. The van der Waals surface area contributed by atoms with E-state index >= 15 is 0 Å². The van der Waals surface area contributed by atoms with Gasteiger partial charge in [0, 0.05) is 16.9 Å². The minimum absolute atomic E-state index is 0.322. The highest BCUT2D eigenvalue weighted by molar-refractivity contribution is 6.04. The zero-order valence-electron chi connectivity index (χ0n) is 18.9. The molecule has 0 fully saturated rings. The molecule has 0 aliphatic rings. The third-order valence-electron chi connectivity index (χ3n) is 5.42. The van der Waals surface area contributed by atoms with Crippen LogP contribution >= 0.6 is 0 Å². The molecule has 2 aromatic carbocycles. The first-order chi connectivity index (χ1) is 15.7. The zero-order chi connectivity index (χ0) is 24.1. The number of hydrogen-bond donors (Lipinski definition) is 3. The largest absolute Gasteiger partial charge is 0.465 e. The number of ether oxygens (including phenoxy) is 1. The highest BCUT2D eigenvalue weighted by Gasteiger charge is 2.24. The molecule has 0 saturated heterocycles. The van der Waals surface area contributed by atoms with E-state index in [1.165, 1.54) is 31.4 Å². The van der Waals surface area contributed by atoms with Gasteiger partial charge >= 0.3 is 5.97 Å². The number of halogens is 1. The van der Waals surface area contributed by atoms with Crippen molar-refractivity contribution < 1.29 is 23.5 Å². The molecule has 0 saturated carbocycles. The topological polar surface area (TPSA) is 100 Å². The molecule has 1 aromatic heterocycles. The number of hydrogen-bond acceptors (Lipinski definition) is 4. The highest BCUT2D eigenvalue weighted by atomic mass is 19.1. The van der Waals surface area contributed by atoms with Gasteiger partial charge in [0.2, 0.25) is 0 Å². The lowest BCUT2D eigenvalue weighted by Gasteiger charge is -2.15. The molecule has 1 atom stereocenters. The van der Waals surface area contributed by atoms with E-state index in [9.17, 15) is 18.8 Å². The maximum absolute atomic E-state index is 13.0. The van der Waals surface area contributed by atoms with Crippen molar-refractivity contribution in [2.24, 2.45) is 0 Å². The molecular formula is C25H26FN3O4. The molecule has 0 aliphatic heterocycles. The van der Waals surface area contributed by atoms with Crippen LogP contribution in [0.25, 0.3) is 0 Å². The molecule has 0 radical (unpaired) electrons. The molecule has 7 nitrogen and oxygen atoms in total. The minimum atomic E-state index is -0.481. The van der Waals surface area contributed by atoms with Crippen molar-refractivity contribution in [3.8, 4) is 0 Å². The lowest BCUT2D eigenvalue weighted by atomic mass is 10.1. The molecule has 0 aliphatic carbocycles. The summed E-state index contributed by atoms with van der Waals surface area (Å²) in [5, 5.41) is 5.67. The number of aromatic nitrogens is 1. The number of benzene rings is 2. The number of aromatic amines is 1. The Morgan fingerprint density at radius 3 is 2.24 bits per heavy atom. The van der Waals surface area contributed by atoms with Crippen LogP contribution in [-0.4, -0.2) is 29.9 Å². The molecule has 8 heteroatoms. The Labute approximate surface area is 191 Å². The van der Waals surface area contributed by atoms with Crippen molar-refractivity contribution in [1.82, 2.24) is 10.3 Å². The normalized spacial score (nSPS) is 11.5. The second kappa shape index (κ2) is 10.1. The van der Waals surface area contributed by atoms with E-state index in [0.717, 1.165) is 5.56 Å². The molecule has 3 N–H and O–H groups in total. The summed E-state index contributed by atoms with van der Waals surface area (Å²) in [5.41, 5.74) is 3.65. The molecule has 0 bridgehead atoms. The van der Waals surface area contributed by atoms with E-state index in [1.54, 1.807) is 31.2 Å². The number of methoxy groups -OCH3 is 1. The van der Waals surface area contributed by atoms with Crippen molar-refractivity contribution in [1.29, 1.82) is 0 Å². The fourth-order valence-electron chi connectivity index (χ4n) is 3.54. The van der Waals surface area contributed by atoms with E-state index in [4.69, 9.17) is 4.74 Å². The number of carbonyl (C=O) groups is 3. The summed E-state index contributed by atoms with van der Waals surface area (Å²) >= 11 is 0. The lowest BCUT2D eigenvalue weighted by molar-refractivity contribution is 0.0598. The lowest BCUT2D eigenvalue weighted by Crippen LogP contribution is -2.27. The van der Waals surface area contributed by atoms with Gasteiger partial charge in [0.25, 0.3) is 11.8 Å². The van der Waals surface area contributed by atoms with Crippen molar-refractivity contribution in [3.63, 3.8) is 0 Å². The van der Waals surface area contributed by atoms with Gasteiger partial charge < -0.3 is 20.4 Å². The number of nitrogens with one attached hydrogen (secondary N) is 3. The quantitative estimate of drug-likeness (QED) is 0.459. The van der Waals surface area contributed by atoms with Gasteiger partial charge in [0.15, 0.2) is 0 Å². The molecule has 1 heterocycles. The smallest absolute Gasteiger partial charge is 0.339 e. The van der Waals surface area contributed by atoms with Crippen molar-refractivity contribution in [2.75, 3.05) is 12.4 Å². The Kier molecular flexibility index (Phi) is 7.27. The number of esters is 1. The minimum Gasteiger partial charge on any atom is -0.465 e. The van der Waals surface area contributed by atoms with Crippen molar-refractivity contribution in [2.45, 2.75) is 33.2 Å². The monoisotopic (exact) mass is 451 g/mol. The maximum Gasteiger partial charge on any atom is 0.339 e. The number of carbonyl (C=O) groups excluding carboxylic acids is 3. The second-order valence-corrected chi connectivity index (χ2v) is 7.60. The van der Waals surface area contributed by atoms with Crippen LogP contribution in [0.1, 0.15) is 67.9 Å². The zero-order valence-corrected chi connectivity index (χ0v) is 18.9. The van der Waals surface area contributed by atoms with E-state index < -0.39 is 11.8 Å². The first kappa shape index (κ1) is 23.7. The molecule has 0 spiro atoms. The summed E-state index contributed by atoms with van der Waals surface area (Å²) in [4.78, 5) is 40.3. The van der Waals surface area contributed by atoms with Crippen LogP contribution in [0.3, 0.4) is 0 Å². The first-order valence-corrected chi connectivity index (χ1v) is 10.5. The van der Waals surface area contributed by atoms with Gasteiger partial charge in [-0.15, -0.1) is 0 Å². The Bertz CT molecular complexity index is 1170. The van der Waals surface area contributed by atoms with Crippen LogP contribution in [0.15, 0.2) is 48.5 Å². The molecule has 2 amide bonds. The van der Waals surface area contributed by atoms with Crippen LogP contribution < -0.4 is 10.6 Å². The Hall–Kier alpha value is -3.94. The maximum atomic E-state index is 13.0. The number of H-pyrrole nitrogens is 1. The molecular weight excluding hydrogens is 425 g/mol. The number of rotatable bonds is 7. The predicted molar refractivity (Wildman–Crippen MR) is 123 cm³/mol. The third-order valence-corrected chi connectivity index (χ3v) is 5.42. The Balaban J connectivity index is 1.68. The van der Waals surface area contributed by atoms with Crippen LogP contribution in [0.2, 0.25) is 0 Å². The van der Waals surface area contributed by atoms with Gasteiger partial charge in [-0.05, 0) is 67.8 Å². The summed E-state index contributed by atoms with van der Waals surface area (Å²) in [7, 11) is 1.31. The first-order valence-electron chi connectivity index (χ1n) is 10.5. The highest BCUT2D eigenvalue weighted by Crippen LogP contribution is 2.22. The van der Waals surface area contributed by atoms with Crippen LogP contribution in [0.4, 0.5) is 10.1 Å². The van der Waals surface area contributed by atoms with E-state index in [1.807, 2.05) is 13.8 Å². The number of anilines is 1. The number of aryl methyl sites for hydroxylation is 1. The van der Waals surface area contributed by atoms with Gasteiger partial charge in [-0.25, -0.2) is 9.18 Å². The average molecular weight is 451 g/mol. The van der Waals surface area contributed by atoms with E-state index in [-0.39, 0.29) is 17.9 Å². The fraction of sp³-hybridized carbons (Fsp3) is 0.240. The van der Waals surface area contributed by atoms with Crippen LogP contribution in [-0.2, 0) is 11.2 Å². The van der Waals surface area contributed by atoms with Crippen LogP contribution in [0, 0.1) is 12.7 Å². The number of amides is 2. The summed E-state index contributed by atoms with van der Waals surface area (Å²) < 4.78 is 17.9. The SMILES string of the molecule is CCc1[nH]c(C(=O)NC(C)c2ccc(NC(=O)c3ccc(F)cc3)cc2)c(C)c1C(=O)OC. The van der Waals surface area contributed by atoms with Gasteiger partial charge in [0.05, 0.1) is 18.7 Å². The Morgan fingerprint density at radius 1 is 1.03 bits per heavy atom. The van der Waals surface area contributed by atoms with E-state index in [0.29, 0.717) is 40.2 Å². The summed E-state index contributed by atoms with van der Waals surface area (Å²) in [5.74, 6) is -1.57. The summed E-state index contributed by atoms with van der Waals surface area (Å²) in [6.45, 7) is 5.43. The van der Waals surface area contributed by atoms with Gasteiger partial charge in [-0.1, -0.05) is 19.1 Å². The molecule has 172 valence electrons. The summed E-state index contributed by atoms with van der Waals surface area (Å²) in [6, 6.07) is 12.0. The average Bonchev–Trinajstić information content (AvgIpc) is 3.15. The molecule has 3 aromatic rings. The van der Waals surface area contributed by atoms with Gasteiger partial charge in [0.1, 0.15) is 11.5 Å². The molecule has 33 heavy (non-hydrogen) atoms. The van der Waals surface area contributed by atoms with Gasteiger partial charge in [-0.2, -0.15) is 0 Å². The molecule has 1 unspecified atom stereocenters. The third kappa shape index (κ3) is 5.28. The van der Waals surface area contributed by atoms with Crippen molar-refractivity contribution >= 4 is 23.5 Å². The standard InChI is InChI=1S/C25H26FN3O4/c1-5-20-21(25(32)33-4)14(2)22(29-20)24(31)27-15(3)16-8-12-19(13-9-16)28-23(30)17-6-10-18(26)11-7-17/h6-13,15,29H,5H2,1-4H3,(H,27,31)(H,28,30). The van der Waals surface area contributed by atoms with Crippen molar-refractivity contribution in [3.05, 3.63) is 88.0 Å².